The van der Waals surface area contributed by atoms with Gasteiger partial charge in [-0.3, -0.25) is 14.6 Å². The van der Waals surface area contributed by atoms with Crippen LogP contribution in [0.1, 0.15) is 29.6 Å². The quantitative estimate of drug-likeness (QED) is 0.802. The number of aliphatic hydroxyl groups is 1. The summed E-state index contributed by atoms with van der Waals surface area (Å²) in [5, 5.41) is 13.5. The van der Waals surface area contributed by atoms with Crippen LogP contribution in [-0.4, -0.2) is 52.5 Å². The number of carbonyl (C=O) groups is 2. The van der Waals surface area contributed by atoms with Crippen molar-refractivity contribution in [1.29, 1.82) is 0 Å². The summed E-state index contributed by atoms with van der Waals surface area (Å²) in [6, 6.07) is 1.57. The monoisotopic (exact) mass is 323 g/mol. The first-order chi connectivity index (χ1) is 10.5. The van der Waals surface area contributed by atoms with Crippen molar-refractivity contribution in [2.24, 2.45) is 5.41 Å². The summed E-state index contributed by atoms with van der Waals surface area (Å²) in [4.78, 5) is 30.4. The second kappa shape index (κ2) is 5.85. The Morgan fingerprint density at radius 2 is 2.32 bits per heavy atom. The number of rotatable bonds is 1. The van der Waals surface area contributed by atoms with Gasteiger partial charge < -0.3 is 15.3 Å². The average molecular weight is 324 g/mol. The number of nitrogens with zero attached hydrogens (tertiary/aromatic N) is 2. The number of nitrogens with one attached hydrogen (secondary N) is 1. The zero-order chi connectivity index (χ0) is 15.7. The lowest BCUT2D eigenvalue weighted by Crippen LogP contribution is -2.62. The lowest BCUT2D eigenvalue weighted by atomic mass is 9.71. The van der Waals surface area contributed by atoms with Gasteiger partial charge in [0.05, 0.1) is 22.1 Å². The van der Waals surface area contributed by atoms with Crippen LogP contribution in [0.15, 0.2) is 18.5 Å². The van der Waals surface area contributed by atoms with E-state index in [9.17, 15) is 14.7 Å². The van der Waals surface area contributed by atoms with E-state index in [1.165, 1.54) is 12.4 Å². The summed E-state index contributed by atoms with van der Waals surface area (Å²) in [6.07, 6.45) is 4.02. The van der Waals surface area contributed by atoms with Gasteiger partial charge in [0, 0.05) is 32.0 Å². The fourth-order valence-electron chi connectivity index (χ4n) is 3.33. The molecule has 0 aliphatic carbocycles. The van der Waals surface area contributed by atoms with Crippen molar-refractivity contribution in [3.05, 3.63) is 29.0 Å². The summed E-state index contributed by atoms with van der Waals surface area (Å²) in [5.74, 6) is -0.368. The Balaban J connectivity index is 1.84. The molecule has 0 bridgehead atoms. The van der Waals surface area contributed by atoms with E-state index in [0.717, 1.165) is 6.42 Å². The highest BCUT2D eigenvalue weighted by atomic mass is 35.5. The number of aromatic nitrogens is 1. The van der Waals surface area contributed by atoms with Crippen molar-refractivity contribution in [1.82, 2.24) is 15.2 Å². The molecule has 0 radical (unpaired) electrons. The Kier molecular flexibility index (Phi) is 4.06. The maximum Gasteiger partial charge on any atom is 0.255 e. The third-order valence-corrected chi connectivity index (χ3v) is 4.77. The number of hydrogen-bond donors (Lipinski definition) is 2. The van der Waals surface area contributed by atoms with Gasteiger partial charge in [-0.05, 0) is 25.3 Å². The van der Waals surface area contributed by atoms with Crippen LogP contribution in [-0.2, 0) is 4.79 Å². The number of halogens is 1. The average Bonchev–Trinajstić information content (AvgIpc) is 2.52. The Hall–Kier alpha value is -1.66. The molecule has 1 spiro atoms. The third kappa shape index (κ3) is 2.57. The minimum Gasteiger partial charge on any atom is -0.392 e. The SMILES string of the molecule is O=C(c1cncc(Cl)c1)N1CC[C@H](O)[C@@]2(CCCNC2=O)C1. The molecule has 2 aliphatic heterocycles. The fraction of sp³-hybridized carbons (Fsp3) is 0.533. The summed E-state index contributed by atoms with van der Waals surface area (Å²) in [7, 11) is 0. The van der Waals surface area contributed by atoms with E-state index in [2.05, 4.69) is 10.3 Å². The Morgan fingerprint density at radius 1 is 1.50 bits per heavy atom. The van der Waals surface area contributed by atoms with E-state index < -0.39 is 11.5 Å². The molecule has 3 rings (SSSR count). The second-order valence-electron chi connectivity index (χ2n) is 5.94. The molecule has 0 unspecified atom stereocenters. The number of hydrogen-bond acceptors (Lipinski definition) is 4. The molecule has 3 heterocycles. The highest BCUT2D eigenvalue weighted by molar-refractivity contribution is 6.30. The van der Waals surface area contributed by atoms with E-state index >= 15 is 0 Å². The van der Waals surface area contributed by atoms with Crippen LogP contribution in [0.5, 0.6) is 0 Å². The molecule has 0 saturated carbocycles. The zero-order valence-electron chi connectivity index (χ0n) is 12.1. The van der Waals surface area contributed by atoms with Crippen LogP contribution in [0.3, 0.4) is 0 Å². The number of amides is 2. The van der Waals surface area contributed by atoms with Gasteiger partial charge in [0.1, 0.15) is 0 Å². The van der Waals surface area contributed by atoms with Gasteiger partial charge in [-0.25, -0.2) is 0 Å². The number of pyridine rings is 1. The van der Waals surface area contributed by atoms with Gasteiger partial charge in [-0.2, -0.15) is 0 Å². The van der Waals surface area contributed by atoms with Crippen molar-refractivity contribution in [3.63, 3.8) is 0 Å². The molecular weight excluding hydrogens is 306 g/mol. The Labute approximate surface area is 133 Å². The summed E-state index contributed by atoms with van der Waals surface area (Å²) in [6.45, 7) is 1.27. The standard InChI is InChI=1S/C15H18ClN3O3/c16-11-6-10(7-17-8-11)13(21)19-5-2-12(20)15(9-19)3-1-4-18-14(15)22/h6-8,12,20H,1-5,9H2,(H,18,22)/t12-,15+/m0/s1. The number of carbonyl (C=O) groups excluding carboxylic acids is 2. The van der Waals surface area contributed by atoms with Gasteiger partial charge in [0.2, 0.25) is 5.91 Å². The molecule has 6 nitrogen and oxygen atoms in total. The Bertz CT molecular complexity index is 609. The van der Waals surface area contributed by atoms with E-state index in [-0.39, 0.29) is 18.4 Å². The number of likely N-dealkylation sites (tertiary alicyclic amines) is 1. The van der Waals surface area contributed by atoms with E-state index in [4.69, 9.17) is 11.6 Å². The van der Waals surface area contributed by atoms with Gasteiger partial charge in [0.15, 0.2) is 0 Å². The lowest BCUT2D eigenvalue weighted by molar-refractivity contribution is -0.147. The fourth-order valence-corrected chi connectivity index (χ4v) is 3.50. The largest absolute Gasteiger partial charge is 0.392 e. The van der Waals surface area contributed by atoms with Crippen LogP contribution < -0.4 is 5.32 Å². The third-order valence-electron chi connectivity index (χ3n) is 4.56. The molecule has 2 amide bonds. The smallest absolute Gasteiger partial charge is 0.255 e. The van der Waals surface area contributed by atoms with E-state index in [1.807, 2.05) is 0 Å². The molecule has 2 saturated heterocycles. The van der Waals surface area contributed by atoms with Crippen LogP contribution in [0.4, 0.5) is 0 Å². The molecule has 2 N–H and O–H groups in total. The first kappa shape index (κ1) is 15.2. The maximum atomic E-state index is 12.6. The highest BCUT2D eigenvalue weighted by Gasteiger charge is 2.50. The van der Waals surface area contributed by atoms with E-state index in [0.29, 0.717) is 36.5 Å². The topological polar surface area (TPSA) is 82.5 Å². The molecule has 2 atom stereocenters. The zero-order valence-corrected chi connectivity index (χ0v) is 12.8. The van der Waals surface area contributed by atoms with Gasteiger partial charge in [-0.1, -0.05) is 11.6 Å². The summed E-state index contributed by atoms with van der Waals surface area (Å²) < 4.78 is 0. The van der Waals surface area contributed by atoms with Crippen molar-refractivity contribution < 1.29 is 14.7 Å². The maximum absolute atomic E-state index is 12.6. The molecule has 118 valence electrons. The van der Waals surface area contributed by atoms with Gasteiger partial charge >= 0.3 is 0 Å². The molecule has 22 heavy (non-hydrogen) atoms. The van der Waals surface area contributed by atoms with Crippen LogP contribution in [0.25, 0.3) is 0 Å². The molecule has 2 aliphatic rings. The Morgan fingerprint density at radius 3 is 3.05 bits per heavy atom. The van der Waals surface area contributed by atoms with Crippen molar-refractivity contribution in [3.8, 4) is 0 Å². The van der Waals surface area contributed by atoms with Crippen molar-refractivity contribution >= 4 is 23.4 Å². The first-order valence-corrected chi connectivity index (χ1v) is 7.77. The van der Waals surface area contributed by atoms with Crippen LogP contribution >= 0.6 is 11.6 Å². The molecule has 7 heteroatoms. The minimum absolute atomic E-state index is 0.159. The normalized spacial score (nSPS) is 28.5. The highest BCUT2D eigenvalue weighted by Crippen LogP contribution is 2.37. The van der Waals surface area contributed by atoms with Crippen molar-refractivity contribution in [2.75, 3.05) is 19.6 Å². The van der Waals surface area contributed by atoms with E-state index in [1.54, 1.807) is 11.0 Å². The van der Waals surface area contributed by atoms with Gasteiger partial charge in [0.25, 0.3) is 5.91 Å². The summed E-state index contributed by atoms with van der Waals surface area (Å²) >= 11 is 5.88. The molecule has 0 aromatic carbocycles. The number of piperidine rings is 2. The second-order valence-corrected chi connectivity index (χ2v) is 6.38. The lowest BCUT2D eigenvalue weighted by Gasteiger charge is -2.46. The molecule has 1 aromatic rings. The predicted octanol–water partition coefficient (Wildman–Crippen LogP) is 0.838. The molecule has 2 fully saturated rings. The van der Waals surface area contributed by atoms with Gasteiger partial charge in [-0.15, -0.1) is 0 Å². The van der Waals surface area contributed by atoms with Crippen LogP contribution in [0, 0.1) is 5.41 Å². The summed E-state index contributed by atoms with van der Waals surface area (Å²) in [5.41, 5.74) is -0.492. The minimum atomic E-state index is -0.891. The van der Waals surface area contributed by atoms with Crippen molar-refractivity contribution in [2.45, 2.75) is 25.4 Å². The predicted molar refractivity (Wildman–Crippen MR) is 80.5 cm³/mol. The first-order valence-electron chi connectivity index (χ1n) is 7.39. The van der Waals surface area contributed by atoms with Crippen LogP contribution in [0.2, 0.25) is 5.02 Å². The molecule has 1 aromatic heterocycles. The number of aliphatic hydroxyl groups excluding tert-OH is 1. The molecular formula is C15H18ClN3O3.